The summed E-state index contributed by atoms with van der Waals surface area (Å²) in [4.78, 5) is 23.7. The molecule has 1 aromatic carbocycles. The third-order valence-electron chi connectivity index (χ3n) is 3.43. The van der Waals surface area contributed by atoms with Crippen LogP contribution in [0.15, 0.2) is 35.5 Å². The van der Waals surface area contributed by atoms with Gasteiger partial charge in [-0.15, -0.1) is 10.2 Å². The van der Waals surface area contributed by atoms with Gasteiger partial charge in [-0.2, -0.15) is 0 Å². The van der Waals surface area contributed by atoms with Crippen LogP contribution in [0.4, 0.5) is 0 Å². The molecule has 7 nitrogen and oxygen atoms in total. The fourth-order valence-corrected chi connectivity index (χ4v) is 3.01. The molecule has 0 saturated heterocycles. The molecule has 0 bridgehead atoms. The van der Waals surface area contributed by atoms with E-state index in [0.29, 0.717) is 11.6 Å². The zero-order chi connectivity index (χ0) is 16.2. The van der Waals surface area contributed by atoms with Crippen LogP contribution in [0.3, 0.4) is 0 Å². The lowest BCUT2D eigenvalue weighted by atomic mass is 10.2. The van der Waals surface area contributed by atoms with Crippen molar-refractivity contribution in [2.75, 3.05) is 5.75 Å². The van der Waals surface area contributed by atoms with E-state index in [9.17, 15) is 9.59 Å². The lowest BCUT2D eigenvalue weighted by Crippen LogP contribution is -2.42. The Bertz CT molecular complexity index is 712. The molecule has 0 unspecified atom stereocenters. The lowest BCUT2D eigenvalue weighted by molar-refractivity contribution is -0.119. The third kappa shape index (κ3) is 3.89. The van der Waals surface area contributed by atoms with Crippen LogP contribution in [0, 0.1) is 6.92 Å². The minimum Gasteiger partial charge on any atom is -0.303 e. The van der Waals surface area contributed by atoms with Crippen molar-refractivity contribution in [3.05, 3.63) is 41.7 Å². The normalized spacial score (nSPS) is 13.6. The topological polar surface area (TPSA) is 88.9 Å². The van der Waals surface area contributed by atoms with Crippen molar-refractivity contribution >= 4 is 23.6 Å². The average Bonchev–Trinajstić information content (AvgIpc) is 3.34. The van der Waals surface area contributed by atoms with E-state index in [1.54, 1.807) is 24.3 Å². The number of nitrogens with one attached hydrogen (secondary N) is 2. The molecule has 1 aliphatic carbocycles. The standard InChI is InChI=1S/C15H17N5O2S/c1-10-16-19-15(20(10)12-7-8-12)23-9-13(21)17-18-14(22)11-5-3-2-4-6-11/h2-6,12H,7-9H2,1H3,(H,17,21)(H,18,22). The highest BCUT2D eigenvalue weighted by atomic mass is 32.2. The van der Waals surface area contributed by atoms with Gasteiger partial charge in [0.25, 0.3) is 5.91 Å². The van der Waals surface area contributed by atoms with Crippen LogP contribution >= 0.6 is 11.8 Å². The van der Waals surface area contributed by atoms with Crippen molar-refractivity contribution in [1.82, 2.24) is 25.6 Å². The monoisotopic (exact) mass is 331 g/mol. The summed E-state index contributed by atoms with van der Waals surface area (Å²) < 4.78 is 2.07. The van der Waals surface area contributed by atoms with Gasteiger partial charge in [0.15, 0.2) is 5.16 Å². The highest BCUT2D eigenvalue weighted by molar-refractivity contribution is 7.99. The van der Waals surface area contributed by atoms with Gasteiger partial charge in [-0.3, -0.25) is 20.4 Å². The number of hydrazine groups is 1. The Morgan fingerprint density at radius 1 is 1.22 bits per heavy atom. The number of carbonyl (C=O) groups is 2. The van der Waals surface area contributed by atoms with E-state index in [-0.39, 0.29) is 17.6 Å². The summed E-state index contributed by atoms with van der Waals surface area (Å²) in [7, 11) is 0. The van der Waals surface area contributed by atoms with Crippen molar-refractivity contribution in [1.29, 1.82) is 0 Å². The maximum Gasteiger partial charge on any atom is 0.269 e. The van der Waals surface area contributed by atoms with Gasteiger partial charge in [-0.25, -0.2) is 0 Å². The molecular formula is C15H17N5O2S. The predicted molar refractivity (Wildman–Crippen MR) is 85.8 cm³/mol. The highest BCUT2D eigenvalue weighted by Gasteiger charge is 2.28. The fraction of sp³-hybridized carbons (Fsp3) is 0.333. The molecule has 0 atom stereocenters. The summed E-state index contributed by atoms with van der Waals surface area (Å²) in [6, 6.07) is 9.17. The molecule has 2 amide bonds. The smallest absolute Gasteiger partial charge is 0.269 e. The molecule has 3 rings (SSSR count). The van der Waals surface area contributed by atoms with Gasteiger partial charge in [0.2, 0.25) is 5.91 Å². The number of benzene rings is 1. The Hall–Kier alpha value is -2.35. The number of aryl methyl sites for hydroxylation is 1. The molecule has 2 aromatic rings. The molecule has 8 heteroatoms. The zero-order valence-electron chi connectivity index (χ0n) is 12.7. The first-order valence-corrected chi connectivity index (χ1v) is 8.32. The number of hydrogen-bond acceptors (Lipinski definition) is 5. The first-order chi connectivity index (χ1) is 11.1. The maximum atomic E-state index is 11.9. The Labute approximate surface area is 137 Å². The summed E-state index contributed by atoms with van der Waals surface area (Å²) in [5.74, 6) is 0.399. The van der Waals surface area contributed by atoms with Crippen LogP contribution in [0.5, 0.6) is 0 Å². The van der Waals surface area contributed by atoms with Gasteiger partial charge in [-0.1, -0.05) is 30.0 Å². The first-order valence-electron chi connectivity index (χ1n) is 7.33. The first kappa shape index (κ1) is 15.5. The average molecular weight is 331 g/mol. The van der Waals surface area contributed by atoms with E-state index < -0.39 is 0 Å². The van der Waals surface area contributed by atoms with E-state index in [0.717, 1.165) is 23.8 Å². The molecule has 0 spiro atoms. The predicted octanol–water partition coefficient (Wildman–Crippen LogP) is 1.47. The second kappa shape index (κ2) is 6.82. The van der Waals surface area contributed by atoms with Gasteiger partial charge in [0, 0.05) is 11.6 Å². The van der Waals surface area contributed by atoms with Crippen molar-refractivity contribution in [3.8, 4) is 0 Å². The van der Waals surface area contributed by atoms with Gasteiger partial charge in [0.05, 0.1) is 5.75 Å². The van der Waals surface area contributed by atoms with Crippen LogP contribution in [0.2, 0.25) is 0 Å². The molecule has 1 fully saturated rings. The molecule has 1 heterocycles. The molecule has 23 heavy (non-hydrogen) atoms. The van der Waals surface area contributed by atoms with E-state index >= 15 is 0 Å². The van der Waals surface area contributed by atoms with Crippen molar-refractivity contribution in [2.45, 2.75) is 31.0 Å². The minimum atomic E-state index is -0.346. The van der Waals surface area contributed by atoms with Gasteiger partial charge < -0.3 is 4.57 Å². The Morgan fingerprint density at radius 2 is 1.96 bits per heavy atom. The summed E-state index contributed by atoms with van der Waals surface area (Å²) in [5, 5.41) is 8.91. The number of thioether (sulfide) groups is 1. The van der Waals surface area contributed by atoms with Gasteiger partial charge in [0.1, 0.15) is 5.82 Å². The summed E-state index contributed by atoms with van der Waals surface area (Å²) >= 11 is 1.32. The van der Waals surface area contributed by atoms with Gasteiger partial charge >= 0.3 is 0 Å². The molecule has 0 aliphatic heterocycles. The molecule has 2 N–H and O–H groups in total. The molecule has 120 valence electrons. The van der Waals surface area contributed by atoms with E-state index in [1.165, 1.54) is 11.8 Å². The number of aromatic nitrogens is 3. The molecule has 1 saturated carbocycles. The Balaban J connectivity index is 1.48. The number of carbonyl (C=O) groups excluding carboxylic acids is 2. The van der Waals surface area contributed by atoms with E-state index in [1.807, 2.05) is 13.0 Å². The van der Waals surface area contributed by atoms with Crippen LogP contribution in [0.1, 0.15) is 35.1 Å². The summed E-state index contributed by atoms with van der Waals surface area (Å²) in [6.45, 7) is 1.91. The SMILES string of the molecule is Cc1nnc(SCC(=O)NNC(=O)c2ccccc2)n1C1CC1. The third-order valence-corrected chi connectivity index (χ3v) is 4.37. The molecule has 1 aliphatic rings. The van der Waals surface area contributed by atoms with E-state index in [4.69, 9.17) is 0 Å². The minimum absolute atomic E-state index is 0.167. The van der Waals surface area contributed by atoms with Gasteiger partial charge in [-0.05, 0) is 31.9 Å². The van der Waals surface area contributed by atoms with Crippen molar-refractivity contribution in [2.24, 2.45) is 0 Å². The second-order valence-electron chi connectivity index (χ2n) is 5.29. The quantitative estimate of drug-likeness (QED) is 0.640. The van der Waals surface area contributed by atoms with Crippen LogP contribution < -0.4 is 10.9 Å². The van der Waals surface area contributed by atoms with E-state index in [2.05, 4.69) is 25.6 Å². The van der Waals surface area contributed by atoms with Crippen molar-refractivity contribution in [3.63, 3.8) is 0 Å². The number of amides is 2. The molecule has 1 aromatic heterocycles. The van der Waals surface area contributed by atoms with Crippen LogP contribution in [-0.4, -0.2) is 32.3 Å². The largest absolute Gasteiger partial charge is 0.303 e. The van der Waals surface area contributed by atoms with Crippen molar-refractivity contribution < 1.29 is 9.59 Å². The molecule has 0 radical (unpaired) electrons. The lowest BCUT2D eigenvalue weighted by Gasteiger charge is -2.08. The second-order valence-corrected chi connectivity index (χ2v) is 6.23. The van der Waals surface area contributed by atoms with Crippen LogP contribution in [0.25, 0.3) is 0 Å². The summed E-state index contributed by atoms with van der Waals surface area (Å²) in [5.41, 5.74) is 5.29. The number of nitrogens with zero attached hydrogens (tertiary/aromatic N) is 3. The number of hydrogen-bond donors (Lipinski definition) is 2. The zero-order valence-corrected chi connectivity index (χ0v) is 13.5. The Morgan fingerprint density at radius 3 is 2.65 bits per heavy atom. The maximum absolute atomic E-state index is 11.9. The molecular weight excluding hydrogens is 314 g/mol. The highest BCUT2D eigenvalue weighted by Crippen LogP contribution is 2.38. The summed E-state index contributed by atoms with van der Waals surface area (Å²) in [6.07, 6.45) is 2.26. The van der Waals surface area contributed by atoms with Crippen LogP contribution in [-0.2, 0) is 4.79 Å². The Kier molecular flexibility index (Phi) is 4.61. The fourth-order valence-electron chi connectivity index (χ4n) is 2.16. The number of rotatable bonds is 5.